The fraction of sp³-hybridized carbons (Fsp3) is 0. The normalized spacial score (nSPS) is 4.75. The molecule has 4 heavy (non-hydrogen) atoms. The van der Waals surface area contributed by atoms with E-state index in [1.54, 1.807) is 6.08 Å². The molecule has 0 aromatic carbocycles. The zero-order valence-electron chi connectivity index (χ0n) is 2.31. The van der Waals surface area contributed by atoms with Crippen LogP contribution >= 0.6 is 0 Å². The van der Waals surface area contributed by atoms with Gasteiger partial charge in [-0.3, -0.25) is 0 Å². The van der Waals surface area contributed by atoms with E-state index in [1.165, 1.54) is 0 Å². The number of hydrogen-bond acceptors (Lipinski definition) is 0. The van der Waals surface area contributed by atoms with Gasteiger partial charge in [-0.05, 0) is 0 Å². The Bertz CT molecular complexity index is 24.3. The van der Waals surface area contributed by atoms with E-state index >= 15 is 0 Å². The van der Waals surface area contributed by atoms with Crippen LogP contribution in [0.15, 0.2) is 12.7 Å². The summed E-state index contributed by atoms with van der Waals surface area (Å²) in [5, 5.41) is 0. The molecule has 0 unspecified atom stereocenters. The predicted octanol–water partition coefficient (Wildman–Crippen LogP) is 0.521. The first-order valence-electron chi connectivity index (χ1n) is 1.000. The van der Waals surface area contributed by atoms with Crippen molar-refractivity contribution in [2.75, 3.05) is 0 Å². The van der Waals surface area contributed by atoms with Crippen LogP contribution in [0.2, 0.25) is 0 Å². The van der Waals surface area contributed by atoms with Gasteiger partial charge >= 0.3 is 34.4 Å². The molecular formula is C3H4V. The summed E-state index contributed by atoms with van der Waals surface area (Å²) in [5.74, 6) is 0. The Morgan fingerprint density at radius 1 is 1.75 bits per heavy atom. The van der Waals surface area contributed by atoms with Gasteiger partial charge in [0, 0.05) is 0 Å². The van der Waals surface area contributed by atoms with Crippen LogP contribution in [-0.4, -0.2) is 4.73 Å². The molecule has 0 aromatic heterocycles. The monoisotopic (exact) mass is 91.0 g/mol. The van der Waals surface area contributed by atoms with Crippen molar-refractivity contribution in [2.45, 2.75) is 0 Å². The van der Waals surface area contributed by atoms with E-state index in [0.29, 0.717) is 0 Å². The topological polar surface area (TPSA) is 0 Å². The molecule has 0 rings (SSSR count). The van der Waals surface area contributed by atoms with Gasteiger partial charge in [-0.15, -0.1) is 0 Å². The molecule has 0 nitrogen and oxygen atoms in total. The van der Waals surface area contributed by atoms with Crippen molar-refractivity contribution in [1.29, 1.82) is 0 Å². The summed E-state index contributed by atoms with van der Waals surface area (Å²) in [6.07, 6.45) is 1.72. The third kappa shape index (κ3) is 2.19. The van der Waals surface area contributed by atoms with Crippen LogP contribution in [-0.2, 0) is 17.0 Å². The summed E-state index contributed by atoms with van der Waals surface area (Å²) in [6, 6.07) is 0. The first kappa shape index (κ1) is 4.19. The second kappa shape index (κ2) is 3.19. The minimum absolute atomic E-state index is 1.72. The first-order chi connectivity index (χ1) is 1.91. The van der Waals surface area contributed by atoms with Gasteiger partial charge in [0.05, 0.1) is 0 Å². The van der Waals surface area contributed by atoms with E-state index < -0.39 is 0 Å². The molecule has 0 atom stereocenters. The molecule has 0 saturated carbocycles. The minimum atomic E-state index is 1.72. The SMILES string of the molecule is C=C[CH]=[V]. The van der Waals surface area contributed by atoms with Gasteiger partial charge < -0.3 is 0 Å². The molecule has 0 radical (unpaired) electrons. The van der Waals surface area contributed by atoms with Crippen LogP contribution in [0.4, 0.5) is 0 Å². The fourth-order valence-corrected chi connectivity index (χ4v) is 0. The van der Waals surface area contributed by atoms with Gasteiger partial charge in [-0.25, -0.2) is 0 Å². The standard InChI is InChI=1S/C3H4.V/c1-3-2;/h1,3H,2H2;. The van der Waals surface area contributed by atoms with Crippen molar-refractivity contribution >= 4 is 4.73 Å². The zero-order chi connectivity index (χ0) is 3.41. The summed E-state index contributed by atoms with van der Waals surface area (Å²) in [4.78, 5) is 0. The summed E-state index contributed by atoms with van der Waals surface area (Å²) < 4.78 is 1.83. The molecule has 0 spiro atoms. The van der Waals surface area contributed by atoms with Crippen LogP contribution in [0, 0.1) is 0 Å². The average Bonchev–Trinajstić information content (AvgIpc) is 1.37. The summed E-state index contributed by atoms with van der Waals surface area (Å²) in [6.45, 7) is 3.41. The quantitative estimate of drug-likeness (QED) is 0.441. The molecule has 0 aliphatic rings. The van der Waals surface area contributed by atoms with Gasteiger partial charge in [0.1, 0.15) is 0 Å². The molecule has 0 N–H and O–H groups in total. The molecule has 0 aromatic rings. The van der Waals surface area contributed by atoms with Gasteiger partial charge in [0.2, 0.25) is 0 Å². The van der Waals surface area contributed by atoms with E-state index in [2.05, 4.69) is 23.6 Å². The first-order valence-corrected chi connectivity index (χ1v) is 1.81. The Morgan fingerprint density at radius 2 is 2.00 bits per heavy atom. The average molecular weight is 91.0 g/mol. The zero-order valence-corrected chi connectivity index (χ0v) is 3.71. The van der Waals surface area contributed by atoms with Crippen molar-refractivity contribution < 1.29 is 17.0 Å². The van der Waals surface area contributed by atoms with Crippen LogP contribution in [0.1, 0.15) is 0 Å². The van der Waals surface area contributed by atoms with Crippen molar-refractivity contribution in [3.63, 3.8) is 0 Å². The molecule has 0 heterocycles. The van der Waals surface area contributed by atoms with Crippen molar-refractivity contribution in [3.8, 4) is 0 Å². The molecule has 1 heteroatoms. The summed E-state index contributed by atoms with van der Waals surface area (Å²) in [5.41, 5.74) is 0. The van der Waals surface area contributed by atoms with E-state index in [1.807, 2.05) is 4.73 Å². The molecular weight excluding hydrogens is 87.0 g/mol. The van der Waals surface area contributed by atoms with Gasteiger partial charge in [-0.2, -0.15) is 0 Å². The fourth-order valence-electron chi connectivity index (χ4n) is 0. The molecule has 0 aliphatic carbocycles. The third-order valence-corrected chi connectivity index (χ3v) is 0.435. The maximum absolute atomic E-state index is 3.41. The second-order valence-corrected chi connectivity index (χ2v) is 0.850. The van der Waals surface area contributed by atoms with Crippen LogP contribution < -0.4 is 0 Å². The number of hydrogen-bond donors (Lipinski definition) is 0. The van der Waals surface area contributed by atoms with E-state index in [0.717, 1.165) is 0 Å². The Hall–Kier alpha value is 0.194. The van der Waals surface area contributed by atoms with Crippen LogP contribution in [0.3, 0.4) is 0 Å². The van der Waals surface area contributed by atoms with Gasteiger partial charge in [0.25, 0.3) is 0 Å². The van der Waals surface area contributed by atoms with E-state index in [9.17, 15) is 0 Å². The summed E-state index contributed by atoms with van der Waals surface area (Å²) in [7, 11) is 0. The van der Waals surface area contributed by atoms with Crippen molar-refractivity contribution in [3.05, 3.63) is 12.7 Å². The Labute approximate surface area is 35.0 Å². The van der Waals surface area contributed by atoms with Crippen molar-refractivity contribution in [1.82, 2.24) is 0 Å². The van der Waals surface area contributed by atoms with Crippen LogP contribution in [0.25, 0.3) is 0 Å². The molecule has 21 valence electrons. The van der Waals surface area contributed by atoms with Crippen LogP contribution in [0.5, 0.6) is 0 Å². The third-order valence-electron chi connectivity index (χ3n) is 0.105. The van der Waals surface area contributed by atoms with Gasteiger partial charge in [0.15, 0.2) is 0 Å². The second-order valence-electron chi connectivity index (χ2n) is 0.385. The molecule has 0 amide bonds. The van der Waals surface area contributed by atoms with Crippen molar-refractivity contribution in [2.24, 2.45) is 0 Å². The number of rotatable bonds is 1. The summed E-state index contributed by atoms with van der Waals surface area (Å²) >= 11 is 2.29. The number of allylic oxidation sites excluding steroid dienone is 1. The Kier molecular flexibility index (Phi) is 3.35. The predicted molar refractivity (Wildman–Crippen MR) is 16.3 cm³/mol. The molecule has 0 aliphatic heterocycles. The van der Waals surface area contributed by atoms with E-state index in [4.69, 9.17) is 0 Å². The van der Waals surface area contributed by atoms with E-state index in [-0.39, 0.29) is 0 Å². The molecule has 0 fully saturated rings. The maximum atomic E-state index is 3.41. The molecule has 0 bridgehead atoms. The van der Waals surface area contributed by atoms with Gasteiger partial charge in [-0.1, -0.05) is 0 Å². The Balaban J connectivity index is 2.73. The Morgan fingerprint density at radius 3 is 2.00 bits per heavy atom. The molecule has 0 saturated heterocycles.